The molecular weight excluding hydrogens is 470 g/mol. The van der Waals surface area contributed by atoms with E-state index in [0.717, 1.165) is 29.8 Å². The summed E-state index contributed by atoms with van der Waals surface area (Å²) in [5.74, 6) is 1.33. The van der Waals surface area contributed by atoms with Crippen molar-refractivity contribution in [1.82, 2.24) is 29.8 Å². The van der Waals surface area contributed by atoms with E-state index in [9.17, 15) is 15.3 Å². The Labute approximate surface area is 185 Å². The Balaban J connectivity index is 1.59. The number of nitrogens with zero attached hydrogens (tertiary/aromatic N) is 6. The SMILES string of the molecule is OC[C@H]1O[C@@H](n2cnc3c(N(c4ccc(Br)cn4)[C@H]4CCNC4)ncnc32)[C@@H](O)[C@H]1O. The van der Waals surface area contributed by atoms with Gasteiger partial charge in [0, 0.05) is 17.2 Å². The zero-order chi connectivity index (χ0) is 21.5. The highest BCUT2D eigenvalue weighted by Gasteiger charge is 2.44. The fourth-order valence-corrected chi connectivity index (χ4v) is 4.39. The Morgan fingerprint density at radius 2 is 2.06 bits per heavy atom. The highest BCUT2D eigenvalue weighted by molar-refractivity contribution is 9.10. The number of rotatable bonds is 5. The van der Waals surface area contributed by atoms with E-state index in [1.54, 1.807) is 10.8 Å². The molecule has 2 aliphatic heterocycles. The van der Waals surface area contributed by atoms with Crippen LogP contribution in [0.15, 0.2) is 35.5 Å². The van der Waals surface area contributed by atoms with Crippen LogP contribution >= 0.6 is 15.9 Å². The van der Waals surface area contributed by atoms with Crippen LogP contribution in [-0.4, -0.2) is 83.9 Å². The molecule has 0 bridgehead atoms. The molecule has 3 aromatic rings. The molecule has 5 rings (SSSR count). The van der Waals surface area contributed by atoms with Crippen LogP contribution < -0.4 is 10.2 Å². The summed E-state index contributed by atoms with van der Waals surface area (Å²) in [4.78, 5) is 20.0. The molecule has 0 aromatic carbocycles. The van der Waals surface area contributed by atoms with Crippen molar-refractivity contribution in [2.75, 3.05) is 24.6 Å². The lowest BCUT2D eigenvalue weighted by molar-refractivity contribution is -0.0511. The van der Waals surface area contributed by atoms with Gasteiger partial charge >= 0.3 is 0 Å². The zero-order valence-electron chi connectivity index (χ0n) is 16.4. The Hall–Kier alpha value is -2.22. The minimum Gasteiger partial charge on any atom is -0.394 e. The molecule has 3 aromatic heterocycles. The fraction of sp³-hybridized carbons (Fsp3) is 0.474. The molecule has 0 saturated carbocycles. The average molecular weight is 492 g/mol. The van der Waals surface area contributed by atoms with E-state index < -0.39 is 31.1 Å². The number of aromatic nitrogens is 5. The molecule has 12 heteroatoms. The molecule has 0 spiro atoms. The summed E-state index contributed by atoms with van der Waals surface area (Å²) in [5.41, 5.74) is 0.977. The summed E-state index contributed by atoms with van der Waals surface area (Å²) in [6, 6.07) is 3.97. The molecule has 0 aliphatic carbocycles. The second-order valence-electron chi connectivity index (χ2n) is 7.60. The molecule has 164 valence electrons. The van der Waals surface area contributed by atoms with Crippen LogP contribution in [0.25, 0.3) is 11.2 Å². The largest absolute Gasteiger partial charge is 0.394 e. The van der Waals surface area contributed by atoms with E-state index in [0.29, 0.717) is 17.0 Å². The highest BCUT2D eigenvalue weighted by Crippen LogP contribution is 2.35. The number of halogens is 1. The smallest absolute Gasteiger partial charge is 0.167 e. The monoisotopic (exact) mass is 491 g/mol. The minimum atomic E-state index is -1.23. The van der Waals surface area contributed by atoms with Crippen molar-refractivity contribution < 1.29 is 20.1 Å². The number of imidazole rings is 1. The molecule has 0 amide bonds. The van der Waals surface area contributed by atoms with E-state index in [1.807, 2.05) is 17.0 Å². The van der Waals surface area contributed by atoms with Crippen LogP contribution in [0, 0.1) is 0 Å². The van der Waals surface area contributed by atoms with Gasteiger partial charge in [0.2, 0.25) is 0 Å². The van der Waals surface area contributed by atoms with Gasteiger partial charge in [-0.2, -0.15) is 0 Å². The van der Waals surface area contributed by atoms with Crippen molar-refractivity contribution >= 4 is 38.7 Å². The average Bonchev–Trinajstić information content (AvgIpc) is 3.51. The number of hydrogen-bond donors (Lipinski definition) is 4. The van der Waals surface area contributed by atoms with Gasteiger partial charge in [-0.05, 0) is 41.0 Å². The number of nitrogens with one attached hydrogen (secondary N) is 1. The Bertz CT molecular complexity index is 1060. The number of aliphatic hydroxyl groups excluding tert-OH is 3. The maximum Gasteiger partial charge on any atom is 0.167 e. The third-order valence-electron chi connectivity index (χ3n) is 5.72. The highest BCUT2D eigenvalue weighted by atomic mass is 79.9. The first kappa shape index (κ1) is 20.7. The van der Waals surface area contributed by atoms with Crippen LogP contribution in [0.1, 0.15) is 12.6 Å². The van der Waals surface area contributed by atoms with Crippen molar-refractivity contribution in [2.45, 2.75) is 37.0 Å². The number of pyridine rings is 1. The number of hydrogen-bond acceptors (Lipinski definition) is 10. The van der Waals surface area contributed by atoms with Gasteiger partial charge in [-0.15, -0.1) is 0 Å². The molecule has 2 aliphatic rings. The molecule has 2 fully saturated rings. The van der Waals surface area contributed by atoms with Crippen LogP contribution in [-0.2, 0) is 4.74 Å². The Morgan fingerprint density at radius 1 is 1.19 bits per heavy atom. The standard InChI is InChI=1S/C19H22BrN7O4/c20-10-1-2-13(22-5-10)27(11-3-4-21-6-11)18-14-17(23-8-24-18)26(9-25-14)19-16(30)15(29)12(7-28)31-19/h1-2,5,8-9,11-12,15-16,19,21,28-30H,3-4,6-7H2/t11-,12+,15-,16-,19+/m0/s1. The van der Waals surface area contributed by atoms with Gasteiger partial charge < -0.3 is 30.3 Å². The first-order chi connectivity index (χ1) is 15.1. The number of aliphatic hydroxyl groups is 3. The summed E-state index contributed by atoms with van der Waals surface area (Å²) in [5, 5.41) is 33.3. The topological polar surface area (TPSA) is 142 Å². The van der Waals surface area contributed by atoms with Gasteiger partial charge in [0.25, 0.3) is 0 Å². The molecule has 5 atom stereocenters. The van der Waals surface area contributed by atoms with Crippen LogP contribution in [0.2, 0.25) is 0 Å². The number of fused-ring (bicyclic) bond motifs is 1. The Morgan fingerprint density at radius 3 is 2.74 bits per heavy atom. The lowest BCUT2D eigenvalue weighted by Crippen LogP contribution is -2.34. The lowest BCUT2D eigenvalue weighted by atomic mass is 10.1. The van der Waals surface area contributed by atoms with Crippen molar-refractivity contribution in [2.24, 2.45) is 0 Å². The lowest BCUT2D eigenvalue weighted by Gasteiger charge is -2.28. The molecule has 11 nitrogen and oxygen atoms in total. The summed E-state index contributed by atoms with van der Waals surface area (Å²) >= 11 is 3.43. The van der Waals surface area contributed by atoms with Gasteiger partial charge in [0.05, 0.1) is 19.0 Å². The molecule has 2 saturated heterocycles. The van der Waals surface area contributed by atoms with Gasteiger partial charge in [0.1, 0.15) is 30.5 Å². The molecule has 0 unspecified atom stereocenters. The van der Waals surface area contributed by atoms with Crippen molar-refractivity contribution in [1.29, 1.82) is 0 Å². The van der Waals surface area contributed by atoms with Crippen molar-refractivity contribution in [3.8, 4) is 0 Å². The van der Waals surface area contributed by atoms with Crippen LogP contribution in [0.4, 0.5) is 11.6 Å². The van der Waals surface area contributed by atoms with Crippen LogP contribution in [0.3, 0.4) is 0 Å². The second-order valence-corrected chi connectivity index (χ2v) is 8.52. The van der Waals surface area contributed by atoms with E-state index in [1.165, 1.54) is 12.7 Å². The molecule has 0 radical (unpaired) electrons. The first-order valence-corrected chi connectivity index (χ1v) is 10.8. The van der Waals surface area contributed by atoms with E-state index in [2.05, 4.69) is 41.2 Å². The maximum atomic E-state index is 10.4. The predicted molar refractivity (Wildman–Crippen MR) is 114 cm³/mol. The Kier molecular flexibility index (Phi) is 5.58. The van der Waals surface area contributed by atoms with Gasteiger partial charge in [-0.25, -0.2) is 19.9 Å². The minimum absolute atomic E-state index is 0.130. The van der Waals surface area contributed by atoms with Crippen molar-refractivity contribution in [3.05, 3.63) is 35.5 Å². The van der Waals surface area contributed by atoms with E-state index >= 15 is 0 Å². The summed E-state index contributed by atoms with van der Waals surface area (Å²) < 4.78 is 8.09. The molecule has 5 heterocycles. The normalized spacial score (nSPS) is 28.5. The quantitative estimate of drug-likeness (QED) is 0.387. The predicted octanol–water partition coefficient (Wildman–Crippen LogP) is 0.0953. The first-order valence-electron chi connectivity index (χ1n) is 10.00. The van der Waals surface area contributed by atoms with E-state index in [4.69, 9.17) is 4.74 Å². The third kappa shape index (κ3) is 3.58. The third-order valence-corrected chi connectivity index (χ3v) is 6.19. The summed E-state index contributed by atoms with van der Waals surface area (Å²) in [6.45, 7) is 1.26. The molecular formula is C19H22BrN7O4. The number of ether oxygens (including phenoxy) is 1. The summed E-state index contributed by atoms with van der Waals surface area (Å²) in [6.07, 6.45) is 1.35. The van der Waals surface area contributed by atoms with Gasteiger partial charge in [-0.1, -0.05) is 0 Å². The van der Waals surface area contributed by atoms with E-state index in [-0.39, 0.29) is 6.04 Å². The summed E-state index contributed by atoms with van der Waals surface area (Å²) in [7, 11) is 0. The van der Waals surface area contributed by atoms with Crippen LogP contribution in [0.5, 0.6) is 0 Å². The molecule has 31 heavy (non-hydrogen) atoms. The zero-order valence-corrected chi connectivity index (χ0v) is 18.0. The fourth-order valence-electron chi connectivity index (χ4n) is 4.15. The number of anilines is 2. The molecule has 4 N–H and O–H groups in total. The van der Waals surface area contributed by atoms with Gasteiger partial charge in [-0.3, -0.25) is 4.57 Å². The maximum absolute atomic E-state index is 10.4. The van der Waals surface area contributed by atoms with Gasteiger partial charge in [0.15, 0.2) is 23.2 Å². The second kappa shape index (κ2) is 8.37. The van der Waals surface area contributed by atoms with Crippen molar-refractivity contribution in [3.63, 3.8) is 0 Å².